The molecule has 0 saturated heterocycles. The minimum absolute atomic E-state index is 0.136. The number of halogens is 2. The molecule has 0 spiro atoms. The second-order valence-electron chi connectivity index (χ2n) is 6.03. The molecule has 0 aromatic heterocycles. The zero-order chi connectivity index (χ0) is 20.3. The van der Waals surface area contributed by atoms with Gasteiger partial charge in [0.15, 0.2) is 0 Å². The van der Waals surface area contributed by atoms with Crippen molar-refractivity contribution in [3.05, 3.63) is 87.9 Å². The van der Waals surface area contributed by atoms with E-state index in [0.29, 0.717) is 27.0 Å². The molecule has 0 heterocycles. The van der Waals surface area contributed by atoms with E-state index in [1.54, 1.807) is 49.4 Å². The van der Waals surface area contributed by atoms with Crippen LogP contribution in [0.25, 0.3) is 0 Å². The molecule has 5 nitrogen and oxygen atoms in total. The van der Waals surface area contributed by atoms with Gasteiger partial charge in [0.1, 0.15) is 0 Å². The van der Waals surface area contributed by atoms with Crippen LogP contribution in [0.1, 0.15) is 15.9 Å². The summed E-state index contributed by atoms with van der Waals surface area (Å²) >= 11 is 11.9. The molecule has 0 saturated carbocycles. The number of benzene rings is 3. The van der Waals surface area contributed by atoms with Crippen molar-refractivity contribution >= 4 is 50.5 Å². The molecule has 0 aliphatic rings. The number of anilines is 2. The normalized spacial score (nSPS) is 11.1. The predicted octanol–water partition coefficient (Wildman–Crippen LogP) is 5.35. The molecule has 2 N–H and O–H groups in total. The number of aryl methyl sites for hydroxylation is 1. The largest absolute Gasteiger partial charge is 0.321 e. The van der Waals surface area contributed by atoms with Gasteiger partial charge < -0.3 is 5.32 Å². The Balaban J connectivity index is 1.86. The Hall–Kier alpha value is -2.54. The van der Waals surface area contributed by atoms with E-state index in [2.05, 4.69) is 10.0 Å². The van der Waals surface area contributed by atoms with Gasteiger partial charge in [-0.1, -0.05) is 47.5 Å². The van der Waals surface area contributed by atoms with Crippen LogP contribution in [0, 0.1) is 6.92 Å². The molecule has 0 aliphatic heterocycles. The molecule has 0 atom stereocenters. The minimum Gasteiger partial charge on any atom is -0.321 e. The number of rotatable bonds is 5. The van der Waals surface area contributed by atoms with Crippen LogP contribution in [0.3, 0.4) is 0 Å². The van der Waals surface area contributed by atoms with Gasteiger partial charge in [0.05, 0.1) is 21.3 Å². The Morgan fingerprint density at radius 3 is 2.29 bits per heavy atom. The molecule has 0 unspecified atom stereocenters. The van der Waals surface area contributed by atoms with Gasteiger partial charge in [-0.3, -0.25) is 9.52 Å². The van der Waals surface area contributed by atoms with Crippen LogP contribution in [0.4, 0.5) is 11.4 Å². The van der Waals surface area contributed by atoms with Crippen LogP contribution in [0.5, 0.6) is 0 Å². The maximum absolute atomic E-state index is 12.6. The van der Waals surface area contributed by atoms with Crippen LogP contribution in [0.15, 0.2) is 71.6 Å². The van der Waals surface area contributed by atoms with Crippen molar-refractivity contribution in [3.63, 3.8) is 0 Å². The zero-order valence-corrected chi connectivity index (χ0v) is 17.1. The smallest absolute Gasteiger partial charge is 0.261 e. The van der Waals surface area contributed by atoms with E-state index in [-0.39, 0.29) is 10.5 Å². The molecule has 1 amide bonds. The number of hydrogen-bond donors (Lipinski definition) is 2. The molecule has 0 aliphatic carbocycles. The van der Waals surface area contributed by atoms with Gasteiger partial charge in [-0.05, 0) is 55.0 Å². The summed E-state index contributed by atoms with van der Waals surface area (Å²) in [7, 11) is -3.77. The highest BCUT2D eigenvalue weighted by Crippen LogP contribution is 2.27. The quantitative estimate of drug-likeness (QED) is 0.567. The minimum atomic E-state index is -3.77. The van der Waals surface area contributed by atoms with E-state index < -0.39 is 15.9 Å². The van der Waals surface area contributed by atoms with Gasteiger partial charge in [-0.25, -0.2) is 8.42 Å². The Kier molecular flexibility index (Phi) is 5.93. The number of nitrogens with one attached hydrogen (secondary N) is 2. The first-order valence-corrected chi connectivity index (χ1v) is 10.4. The third kappa shape index (κ3) is 4.65. The van der Waals surface area contributed by atoms with Gasteiger partial charge in [-0.2, -0.15) is 0 Å². The van der Waals surface area contributed by atoms with Crippen LogP contribution < -0.4 is 10.0 Å². The third-order valence-electron chi connectivity index (χ3n) is 3.98. The number of hydrogen-bond acceptors (Lipinski definition) is 3. The van der Waals surface area contributed by atoms with Crippen molar-refractivity contribution in [2.45, 2.75) is 11.8 Å². The summed E-state index contributed by atoms with van der Waals surface area (Å²) < 4.78 is 27.7. The average molecular weight is 435 g/mol. The zero-order valence-electron chi connectivity index (χ0n) is 14.7. The summed E-state index contributed by atoms with van der Waals surface area (Å²) in [6.45, 7) is 1.75. The number of sulfonamides is 1. The van der Waals surface area contributed by atoms with Gasteiger partial charge in [-0.15, -0.1) is 0 Å². The average Bonchev–Trinajstić information content (AvgIpc) is 2.66. The Labute approximate surface area is 173 Å². The highest BCUT2D eigenvalue weighted by Gasteiger charge is 2.17. The molecule has 144 valence electrons. The van der Waals surface area contributed by atoms with Gasteiger partial charge in [0, 0.05) is 10.6 Å². The van der Waals surface area contributed by atoms with E-state index in [1.807, 2.05) is 0 Å². The summed E-state index contributed by atoms with van der Waals surface area (Å²) in [6.07, 6.45) is 0. The summed E-state index contributed by atoms with van der Waals surface area (Å²) in [5.74, 6) is -0.426. The molecule has 28 heavy (non-hydrogen) atoms. The number of carbonyl (C=O) groups excluding carboxylic acids is 1. The standard InChI is InChI=1S/C20H16Cl2N2O3S/c1-13-7-8-14(20(25)23-18-10-9-15(21)12-17(18)22)11-19(13)24-28(26,27)16-5-3-2-4-6-16/h2-12,24H,1H3,(H,23,25). The van der Waals surface area contributed by atoms with Crippen molar-refractivity contribution in [1.82, 2.24) is 0 Å². The van der Waals surface area contributed by atoms with E-state index in [0.717, 1.165) is 0 Å². The fourth-order valence-electron chi connectivity index (χ4n) is 2.46. The summed E-state index contributed by atoms with van der Waals surface area (Å²) in [5.41, 5.74) is 1.68. The lowest BCUT2D eigenvalue weighted by Crippen LogP contribution is -2.16. The van der Waals surface area contributed by atoms with Crippen molar-refractivity contribution < 1.29 is 13.2 Å². The molecule has 3 aromatic carbocycles. The van der Waals surface area contributed by atoms with Crippen LogP contribution in [-0.2, 0) is 10.0 Å². The maximum Gasteiger partial charge on any atom is 0.261 e. The van der Waals surface area contributed by atoms with Crippen molar-refractivity contribution in [2.24, 2.45) is 0 Å². The lowest BCUT2D eigenvalue weighted by Gasteiger charge is -2.13. The van der Waals surface area contributed by atoms with Gasteiger partial charge in [0.25, 0.3) is 15.9 Å². The number of carbonyl (C=O) groups is 1. The molecular formula is C20H16Cl2N2O3S. The van der Waals surface area contributed by atoms with Gasteiger partial charge >= 0.3 is 0 Å². The molecule has 0 bridgehead atoms. The third-order valence-corrected chi connectivity index (χ3v) is 5.91. The molecule has 0 radical (unpaired) electrons. The highest BCUT2D eigenvalue weighted by atomic mass is 35.5. The first-order valence-electron chi connectivity index (χ1n) is 8.21. The molecule has 0 fully saturated rings. The molecule has 8 heteroatoms. The first-order chi connectivity index (χ1) is 13.3. The Bertz CT molecular complexity index is 1130. The van der Waals surface area contributed by atoms with Gasteiger partial charge in [0.2, 0.25) is 0 Å². The van der Waals surface area contributed by atoms with E-state index in [1.165, 1.54) is 24.3 Å². The topological polar surface area (TPSA) is 75.3 Å². The van der Waals surface area contributed by atoms with Crippen LogP contribution in [0.2, 0.25) is 10.0 Å². The summed E-state index contributed by atoms with van der Waals surface area (Å²) in [6, 6.07) is 17.5. The second-order valence-corrected chi connectivity index (χ2v) is 8.55. The van der Waals surface area contributed by atoms with Crippen LogP contribution >= 0.6 is 23.2 Å². The van der Waals surface area contributed by atoms with Crippen LogP contribution in [-0.4, -0.2) is 14.3 Å². The summed E-state index contributed by atoms with van der Waals surface area (Å²) in [4.78, 5) is 12.7. The fourth-order valence-corrected chi connectivity index (χ4v) is 4.06. The van der Waals surface area contributed by atoms with E-state index >= 15 is 0 Å². The summed E-state index contributed by atoms with van der Waals surface area (Å²) in [5, 5.41) is 3.45. The first kappa shape index (κ1) is 20.2. The molecular weight excluding hydrogens is 419 g/mol. The molecule has 3 rings (SSSR count). The highest BCUT2D eigenvalue weighted by molar-refractivity contribution is 7.92. The fraction of sp³-hybridized carbons (Fsp3) is 0.0500. The predicted molar refractivity (Wildman–Crippen MR) is 113 cm³/mol. The van der Waals surface area contributed by atoms with Crippen molar-refractivity contribution in [2.75, 3.05) is 10.0 Å². The van der Waals surface area contributed by atoms with Crippen molar-refractivity contribution in [3.8, 4) is 0 Å². The monoisotopic (exact) mass is 434 g/mol. The lowest BCUT2D eigenvalue weighted by atomic mass is 10.1. The van der Waals surface area contributed by atoms with E-state index in [4.69, 9.17) is 23.2 Å². The second kappa shape index (κ2) is 8.22. The van der Waals surface area contributed by atoms with E-state index in [9.17, 15) is 13.2 Å². The van der Waals surface area contributed by atoms with Crippen molar-refractivity contribution in [1.29, 1.82) is 0 Å². The maximum atomic E-state index is 12.6. The Morgan fingerprint density at radius 2 is 1.61 bits per heavy atom. The molecule has 3 aromatic rings. The Morgan fingerprint density at radius 1 is 0.893 bits per heavy atom. The SMILES string of the molecule is Cc1ccc(C(=O)Nc2ccc(Cl)cc2Cl)cc1NS(=O)(=O)c1ccccc1. The lowest BCUT2D eigenvalue weighted by molar-refractivity contribution is 0.102. The number of amides is 1.